The predicted octanol–water partition coefficient (Wildman–Crippen LogP) is 1.67. The molecule has 0 aromatic carbocycles. The van der Waals surface area contributed by atoms with Gasteiger partial charge in [-0.3, -0.25) is 0 Å². The van der Waals surface area contributed by atoms with Gasteiger partial charge in [-0.25, -0.2) is 0 Å². The molecule has 1 radical (unpaired) electrons. The van der Waals surface area contributed by atoms with Crippen molar-refractivity contribution in [1.29, 1.82) is 0 Å². The molecule has 2 atom stereocenters. The Morgan fingerprint density at radius 1 is 0.950 bits per heavy atom. The van der Waals surface area contributed by atoms with Crippen molar-refractivity contribution in [2.45, 2.75) is 53.6 Å². The third kappa shape index (κ3) is 8.65. The monoisotopic (exact) mass is 458 g/mol. The first kappa shape index (κ1) is 21.8. The van der Waals surface area contributed by atoms with Crippen molar-refractivity contribution >= 4 is 11.4 Å². The van der Waals surface area contributed by atoms with E-state index in [1.54, 1.807) is 13.8 Å². The van der Waals surface area contributed by atoms with Gasteiger partial charge in [0.05, 0.1) is 11.4 Å². The number of hydrogen-bond acceptors (Lipinski definition) is 6. The summed E-state index contributed by atoms with van der Waals surface area (Å²) in [5.74, 6) is 0. The van der Waals surface area contributed by atoms with Gasteiger partial charge in [-0.2, -0.15) is 0 Å². The normalized spacial score (nSPS) is 16.5. The summed E-state index contributed by atoms with van der Waals surface area (Å²) in [7, 11) is 0. The Labute approximate surface area is 135 Å². The Hall–Kier alpha value is -0.478. The van der Waals surface area contributed by atoms with Gasteiger partial charge >= 0.3 is 0 Å². The SMILES string of the molecule is C/C(=N\O)C(C)NCC(C)(C)CNC(C)/C(C)=N/O.[186Re]. The molecule has 0 heterocycles. The minimum absolute atomic E-state index is 0. The van der Waals surface area contributed by atoms with Crippen LogP contribution >= 0.6 is 0 Å². The van der Waals surface area contributed by atoms with Crippen LogP contribution in [-0.4, -0.2) is 47.0 Å². The van der Waals surface area contributed by atoms with Gasteiger partial charge in [-0.05, 0) is 33.1 Å². The molecular formula is C13H28N4O2Re. The van der Waals surface area contributed by atoms with Gasteiger partial charge in [0, 0.05) is 45.6 Å². The van der Waals surface area contributed by atoms with Gasteiger partial charge in [-0.1, -0.05) is 24.2 Å². The van der Waals surface area contributed by atoms with Crippen molar-refractivity contribution < 1.29 is 30.8 Å². The van der Waals surface area contributed by atoms with Crippen LogP contribution in [0.3, 0.4) is 0 Å². The Morgan fingerprint density at radius 3 is 1.50 bits per heavy atom. The number of oxime groups is 2. The van der Waals surface area contributed by atoms with E-state index in [-0.39, 0.29) is 37.9 Å². The van der Waals surface area contributed by atoms with Crippen molar-refractivity contribution in [2.24, 2.45) is 15.7 Å². The van der Waals surface area contributed by atoms with Gasteiger partial charge in [-0.15, -0.1) is 0 Å². The molecule has 0 aromatic heterocycles. The summed E-state index contributed by atoms with van der Waals surface area (Å²) in [5, 5.41) is 30.4. The maximum absolute atomic E-state index is 8.70. The van der Waals surface area contributed by atoms with Gasteiger partial charge < -0.3 is 21.0 Å². The fourth-order valence-corrected chi connectivity index (χ4v) is 1.39. The van der Waals surface area contributed by atoms with Crippen LogP contribution < -0.4 is 10.6 Å². The third-order valence-corrected chi connectivity index (χ3v) is 3.34. The predicted molar refractivity (Wildman–Crippen MR) is 78.5 cm³/mol. The molecular weight excluding hydrogens is 430 g/mol. The van der Waals surface area contributed by atoms with E-state index in [0.717, 1.165) is 13.1 Å². The van der Waals surface area contributed by atoms with E-state index >= 15 is 0 Å². The molecule has 2 unspecified atom stereocenters. The molecule has 0 saturated carbocycles. The van der Waals surface area contributed by atoms with Gasteiger partial charge in [0.2, 0.25) is 0 Å². The average molecular weight is 458 g/mol. The molecule has 20 heavy (non-hydrogen) atoms. The molecule has 6 nitrogen and oxygen atoms in total. The van der Waals surface area contributed by atoms with E-state index in [2.05, 4.69) is 34.8 Å². The van der Waals surface area contributed by atoms with Crippen molar-refractivity contribution in [2.75, 3.05) is 13.1 Å². The standard InChI is InChI=1S/C13H28N4O2.Re/c1-9(11(3)16-18)14-7-13(5,6)8-15-10(2)12(4)17-19;/h9-10,14-15,18-19H,7-8H2,1-6H3;/b16-11+,17-12+;/i;1+0. The molecule has 0 aliphatic carbocycles. The van der Waals surface area contributed by atoms with Crippen molar-refractivity contribution in [3.8, 4) is 0 Å². The first-order valence-corrected chi connectivity index (χ1v) is 6.57. The molecule has 0 rings (SSSR count). The molecule has 0 aliphatic rings. The van der Waals surface area contributed by atoms with Crippen LogP contribution in [0.1, 0.15) is 41.5 Å². The molecule has 0 amide bonds. The van der Waals surface area contributed by atoms with Gasteiger partial charge in [0.1, 0.15) is 0 Å². The minimum atomic E-state index is 0. The van der Waals surface area contributed by atoms with Crippen LogP contribution in [0.4, 0.5) is 0 Å². The maximum Gasteiger partial charge on any atom is 0.0706 e. The van der Waals surface area contributed by atoms with Crippen LogP contribution in [0.25, 0.3) is 0 Å². The Balaban J connectivity index is 0. The van der Waals surface area contributed by atoms with E-state index in [4.69, 9.17) is 10.4 Å². The Morgan fingerprint density at radius 2 is 1.25 bits per heavy atom. The molecule has 0 aromatic rings. The van der Waals surface area contributed by atoms with Crippen molar-refractivity contribution in [3.05, 3.63) is 0 Å². The summed E-state index contributed by atoms with van der Waals surface area (Å²) in [6.45, 7) is 13.4. The van der Waals surface area contributed by atoms with Gasteiger partial charge in [0.25, 0.3) is 0 Å². The van der Waals surface area contributed by atoms with E-state index in [1.165, 1.54) is 0 Å². The fourth-order valence-electron chi connectivity index (χ4n) is 1.39. The van der Waals surface area contributed by atoms with E-state index in [1.807, 2.05) is 13.8 Å². The maximum atomic E-state index is 8.70. The van der Waals surface area contributed by atoms with E-state index in [9.17, 15) is 0 Å². The van der Waals surface area contributed by atoms with E-state index in [0.29, 0.717) is 11.4 Å². The number of hydrogen-bond donors (Lipinski definition) is 4. The number of nitrogens with zero attached hydrogens (tertiary/aromatic N) is 2. The van der Waals surface area contributed by atoms with Crippen LogP contribution in [-0.2, 0) is 20.4 Å². The van der Waals surface area contributed by atoms with Crippen LogP contribution in [0.2, 0.25) is 0 Å². The zero-order chi connectivity index (χ0) is 15.1. The molecule has 0 saturated heterocycles. The molecule has 0 aliphatic heterocycles. The minimum Gasteiger partial charge on any atom is -0.411 e. The van der Waals surface area contributed by atoms with Crippen LogP contribution in [0, 0.1) is 5.41 Å². The van der Waals surface area contributed by atoms with E-state index < -0.39 is 0 Å². The first-order valence-electron chi connectivity index (χ1n) is 6.57. The summed E-state index contributed by atoms with van der Waals surface area (Å²) in [6.07, 6.45) is 0. The zero-order valence-electron chi connectivity index (χ0n) is 13.2. The molecule has 0 spiro atoms. The summed E-state index contributed by atoms with van der Waals surface area (Å²) in [4.78, 5) is 0. The molecule has 4 N–H and O–H groups in total. The third-order valence-electron chi connectivity index (χ3n) is 3.34. The average Bonchev–Trinajstić information content (AvgIpc) is 2.40. The largest absolute Gasteiger partial charge is 0.411 e. The quantitative estimate of drug-likeness (QED) is 0.253. The molecule has 119 valence electrons. The first-order chi connectivity index (χ1) is 8.73. The zero-order valence-corrected chi connectivity index (χ0v) is 16.0. The number of rotatable bonds is 8. The number of nitrogens with one attached hydrogen (secondary N) is 2. The molecule has 7 heteroatoms. The Bertz CT molecular complexity index is 302. The second-order valence-corrected chi connectivity index (χ2v) is 5.85. The summed E-state index contributed by atoms with van der Waals surface area (Å²) < 4.78 is 0. The second-order valence-electron chi connectivity index (χ2n) is 5.85. The van der Waals surface area contributed by atoms with Gasteiger partial charge in [0.15, 0.2) is 0 Å². The molecule has 0 fully saturated rings. The summed E-state index contributed by atoms with van der Waals surface area (Å²) in [5.41, 5.74) is 1.37. The van der Waals surface area contributed by atoms with Crippen molar-refractivity contribution in [1.82, 2.24) is 10.6 Å². The summed E-state index contributed by atoms with van der Waals surface area (Å²) >= 11 is 0. The van der Waals surface area contributed by atoms with Crippen LogP contribution in [0.15, 0.2) is 10.3 Å². The Kier molecular flexibility index (Phi) is 11.2. The smallest absolute Gasteiger partial charge is 0.0706 e. The molecule has 0 bridgehead atoms. The fraction of sp³-hybridized carbons (Fsp3) is 0.846. The topological polar surface area (TPSA) is 89.2 Å². The van der Waals surface area contributed by atoms with Crippen LogP contribution in [0.5, 0.6) is 0 Å². The van der Waals surface area contributed by atoms with Crippen molar-refractivity contribution in [3.63, 3.8) is 0 Å². The summed E-state index contributed by atoms with van der Waals surface area (Å²) in [6, 6.07) is 0.0878. The second kappa shape index (κ2) is 10.3.